The van der Waals surface area contributed by atoms with Gasteiger partial charge in [-0.2, -0.15) is 5.26 Å². The second-order valence-electron chi connectivity index (χ2n) is 5.91. The summed E-state index contributed by atoms with van der Waals surface area (Å²) in [5.41, 5.74) is -0.641. The predicted octanol–water partition coefficient (Wildman–Crippen LogP) is 2.49. The van der Waals surface area contributed by atoms with Crippen LogP contribution in [0.5, 0.6) is 0 Å². The molecule has 120 valence electrons. The third-order valence-corrected chi connectivity index (χ3v) is 2.63. The van der Waals surface area contributed by atoms with Crippen LogP contribution in [-0.2, 0) is 9.53 Å². The molecule has 21 heavy (non-hydrogen) atoms. The number of nitrogens with one attached hydrogen (secondary N) is 2. The van der Waals surface area contributed by atoms with E-state index in [1.54, 1.807) is 20.8 Å². The zero-order valence-corrected chi connectivity index (χ0v) is 13.5. The maximum Gasteiger partial charge on any atom is 0.408 e. The summed E-state index contributed by atoms with van der Waals surface area (Å²) in [4.78, 5) is 23.6. The van der Waals surface area contributed by atoms with Crippen LogP contribution in [0.2, 0.25) is 0 Å². The molecule has 0 aromatic heterocycles. The number of unbranched alkanes of at least 4 members (excludes halogenated alkanes) is 3. The van der Waals surface area contributed by atoms with Gasteiger partial charge in [0.25, 0.3) is 0 Å². The van der Waals surface area contributed by atoms with E-state index in [9.17, 15) is 9.59 Å². The van der Waals surface area contributed by atoms with E-state index < -0.39 is 17.7 Å². The predicted molar refractivity (Wildman–Crippen MR) is 80.5 cm³/mol. The molecule has 6 heteroatoms. The van der Waals surface area contributed by atoms with E-state index >= 15 is 0 Å². The van der Waals surface area contributed by atoms with Gasteiger partial charge in [0.2, 0.25) is 5.91 Å². The molecular formula is C15H27N3O3. The summed E-state index contributed by atoms with van der Waals surface area (Å²) in [6, 6.07) is 1.02. The second-order valence-corrected chi connectivity index (χ2v) is 5.91. The van der Waals surface area contributed by atoms with Crippen LogP contribution in [-0.4, -0.2) is 30.2 Å². The van der Waals surface area contributed by atoms with Crippen molar-refractivity contribution in [1.29, 1.82) is 5.26 Å². The summed E-state index contributed by atoms with van der Waals surface area (Å²) in [5.74, 6) is -0.348. The van der Waals surface area contributed by atoms with Gasteiger partial charge in [-0.25, -0.2) is 4.79 Å². The third kappa shape index (κ3) is 10.7. The molecule has 0 rings (SSSR count). The Morgan fingerprint density at radius 3 is 2.43 bits per heavy atom. The molecule has 0 aliphatic carbocycles. The van der Waals surface area contributed by atoms with Crippen LogP contribution in [0.4, 0.5) is 4.79 Å². The van der Waals surface area contributed by atoms with Crippen molar-refractivity contribution in [2.75, 3.05) is 6.54 Å². The Hall–Kier alpha value is -1.77. The summed E-state index contributed by atoms with van der Waals surface area (Å²) in [5, 5.41) is 13.9. The fourth-order valence-electron chi connectivity index (χ4n) is 1.64. The fourth-order valence-corrected chi connectivity index (χ4v) is 1.64. The molecule has 0 aromatic rings. The molecule has 0 heterocycles. The first-order chi connectivity index (χ1) is 9.80. The minimum absolute atomic E-state index is 0.0833. The summed E-state index contributed by atoms with van der Waals surface area (Å²) in [6.07, 6.45) is 3.44. The van der Waals surface area contributed by atoms with Gasteiger partial charge in [0, 0.05) is 6.54 Å². The Labute approximate surface area is 127 Å². The number of carbonyl (C=O) groups is 2. The first-order valence-electron chi connectivity index (χ1n) is 7.44. The molecule has 2 amide bonds. The van der Waals surface area contributed by atoms with Crippen LogP contribution in [0.15, 0.2) is 0 Å². The molecule has 0 unspecified atom stereocenters. The lowest BCUT2D eigenvalue weighted by Gasteiger charge is -2.22. The zero-order valence-electron chi connectivity index (χ0n) is 13.5. The molecule has 1 atom stereocenters. The van der Waals surface area contributed by atoms with Crippen LogP contribution >= 0.6 is 0 Å². The molecule has 0 aromatic carbocycles. The number of hydrogen-bond acceptors (Lipinski definition) is 4. The molecule has 0 radical (unpaired) electrons. The molecule has 0 aliphatic rings. The molecule has 6 nitrogen and oxygen atoms in total. The van der Waals surface area contributed by atoms with Gasteiger partial charge in [-0.05, 0) is 27.2 Å². The third-order valence-electron chi connectivity index (χ3n) is 2.63. The lowest BCUT2D eigenvalue weighted by atomic mass is 10.2. The van der Waals surface area contributed by atoms with Gasteiger partial charge in [-0.3, -0.25) is 4.79 Å². The van der Waals surface area contributed by atoms with Gasteiger partial charge in [0.1, 0.15) is 11.6 Å². The smallest absolute Gasteiger partial charge is 0.408 e. The van der Waals surface area contributed by atoms with Crippen molar-refractivity contribution in [3.05, 3.63) is 0 Å². The standard InChI is InChI=1S/C15H27N3O3/c1-5-6-7-8-11-17-13(19)12(9-10-16)18-14(20)21-15(2,3)4/h12H,5-9,11H2,1-4H3,(H,17,19)(H,18,20)/t12-/m0/s1. The highest BCUT2D eigenvalue weighted by atomic mass is 16.6. The minimum Gasteiger partial charge on any atom is -0.444 e. The van der Waals surface area contributed by atoms with E-state index in [1.165, 1.54) is 0 Å². The minimum atomic E-state index is -0.879. The molecule has 0 saturated heterocycles. The number of ether oxygens (including phenoxy) is 1. The van der Waals surface area contributed by atoms with E-state index in [-0.39, 0.29) is 12.3 Å². The van der Waals surface area contributed by atoms with E-state index in [1.807, 2.05) is 6.07 Å². The highest BCUT2D eigenvalue weighted by molar-refractivity contribution is 5.85. The van der Waals surface area contributed by atoms with Crippen molar-refractivity contribution < 1.29 is 14.3 Å². The Kier molecular flexibility index (Phi) is 9.18. The molecule has 2 N–H and O–H groups in total. The number of alkyl carbamates (subject to hydrolysis) is 1. The van der Waals surface area contributed by atoms with Gasteiger partial charge >= 0.3 is 6.09 Å². The van der Waals surface area contributed by atoms with E-state index in [0.717, 1.165) is 25.7 Å². The number of nitrogens with zero attached hydrogens (tertiary/aromatic N) is 1. The fraction of sp³-hybridized carbons (Fsp3) is 0.800. The summed E-state index contributed by atoms with van der Waals surface area (Å²) >= 11 is 0. The van der Waals surface area contributed by atoms with Crippen LogP contribution in [0.1, 0.15) is 59.8 Å². The van der Waals surface area contributed by atoms with Crippen molar-refractivity contribution in [1.82, 2.24) is 10.6 Å². The number of hydrogen-bond donors (Lipinski definition) is 2. The van der Waals surface area contributed by atoms with Gasteiger partial charge < -0.3 is 15.4 Å². The molecule has 0 bridgehead atoms. The Morgan fingerprint density at radius 1 is 1.24 bits per heavy atom. The molecule has 0 fully saturated rings. The Bertz CT molecular complexity index is 369. The average molecular weight is 297 g/mol. The van der Waals surface area contributed by atoms with Crippen LogP contribution in [0.25, 0.3) is 0 Å². The SMILES string of the molecule is CCCCCCNC(=O)[C@H](CC#N)NC(=O)OC(C)(C)C. The lowest BCUT2D eigenvalue weighted by molar-refractivity contribution is -0.123. The van der Waals surface area contributed by atoms with Gasteiger partial charge in [-0.1, -0.05) is 26.2 Å². The molecule has 0 aliphatic heterocycles. The van der Waals surface area contributed by atoms with E-state index in [4.69, 9.17) is 10.00 Å². The lowest BCUT2D eigenvalue weighted by Crippen LogP contribution is -2.48. The maximum absolute atomic E-state index is 11.9. The highest BCUT2D eigenvalue weighted by Gasteiger charge is 2.23. The van der Waals surface area contributed by atoms with Gasteiger partial charge in [0.05, 0.1) is 12.5 Å². The summed E-state index contributed by atoms with van der Waals surface area (Å²) in [6.45, 7) is 7.88. The van der Waals surface area contributed by atoms with E-state index in [2.05, 4.69) is 17.6 Å². The van der Waals surface area contributed by atoms with E-state index in [0.29, 0.717) is 6.54 Å². The zero-order chi connectivity index (χ0) is 16.3. The van der Waals surface area contributed by atoms with Gasteiger partial charge in [0.15, 0.2) is 0 Å². The maximum atomic E-state index is 11.9. The number of carbonyl (C=O) groups excluding carboxylic acids is 2. The van der Waals surface area contributed by atoms with Crippen LogP contribution in [0, 0.1) is 11.3 Å². The normalized spacial score (nSPS) is 12.1. The molecule has 0 spiro atoms. The Morgan fingerprint density at radius 2 is 1.90 bits per heavy atom. The largest absolute Gasteiger partial charge is 0.444 e. The average Bonchev–Trinajstić information content (AvgIpc) is 2.35. The van der Waals surface area contributed by atoms with Crippen molar-refractivity contribution in [3.63, 3.8) is 0 Å². The first kappa shape index (κ1) is 19.2. The topological polar surface area (TPSA) is 91.2 Å². The number of rotatable bonds is 8. The molecule has 0 saturated carbocycles. The highest BCUT2D eigenvalue weighted by Crippen LogP contribution is 2.07. The first-order valence-corrected chi connectivity index (χ1v) is 7.44. The quantitative estimate of drug-likeness (QED) is 0.673. The number of amides is 2. The summed E-state index contributed by atoms with van der Waals surface area (Å²) < 4.78 is 5.08. The summed E-state index contributed by atoms with van der Waals surface area (Å²) in [7, 11) is 0. The molecular weight excluding hydrogens is 270 g/mol. The van der Waals surface area contributed by atoms with Crippen molar-refractivity contribution in [2.24, 2.45) is 0 Å². The van der Waals surface area contributed by atoms with Crippen LogP contribution < -0.4 is 10.6 Å². The van der Waals surface area contributed by atoms with Gasteiger partial charge in [-0.15, -0.1) is 0 Å². The van der Waals surface area contributed by atoms with Crippen LogP contribution in [0.3, 0.4) is 0 Å². The second kappa shape index (κ2) is 10.0. The van der Waals surface area contributed by atoms with Crippen molar-refractivity contribution in [2.45, 2.75) is 71.4 Å². The number of nitriles is 1. The van der Waals surface area contributed by atoms with Crippen molar-refractivity contribution in [3.8, 4) is 6.07 Å². The Balaban J connectivity index is 4.24. The van der Waals surface area contributed by atoms with Crippen molar-refractivity contribution >= 4 is 12.0 Å². The monoisotopic (exact) mass is 297 g/mol.